The van der Waals surface area contributed by atoms with Gasteiger partial charge in [0.25, 0.3) is 6.71 Å². The summed E-state index contributed by atoms with van der Waals surface area (Å²) in [6.45, 7) is 12.0. The molecule has 3 nitrogen and oxygen atoms in total. The number of anilines is 8. The molecule has 0 saturated heterocycles. The Kier molecular flexibility index (Phi) is 6.53. The molecular weight excluding hydrogens is 617 g/mol. The molecule has 1 fully saturated rings. The zero-order valence-corrected chi connectivity index (χ0v) is 30.4. The molecule has 0 N–H and O–H groups in total. The fourth-order valence-electron chi connectivity index (χ4n) is 10.2. The van der Waals surface area contributed by atoms with Gasteiger partial charge in [0.1, 0.15) is 0 Å². The molecule has 4 heteroatoms. The molecule has 2 atom stereocenters. The van der Waals surface area contributed by atoms with E-state index in [4.69, 9.17) is 0 Å². The highest BCUT2D eigenvalue weighted by molar-refractivity contribution is 7.00. The van der Waals surface area contributed by atoms with Gasteiger partial charge in [-0.15, -0.1) is 0 Å². The Morgan fingerprint density at radius 2 is 1.20 bits per heavy atom. The molecule has 6 aromatic carbocycles. The highest BCUT2D eigenvalue weighted by Crippen LogP contribution is 2.62. The van der Waals surface area contributed by atoms with Crippen LogP contribution in [0.2, 0.25) is 0 Å². The molecule has 51 heavy (non-hydrogen) atoms. The monoisotopic (exact) mass is 661 g/mol. The number of aryl methyl sites for hydroxylation is 3. The fraction of sp³-hybridized carbons (Fsp3) is 0.234. The first-order valence-electron chi connectivity index (χ1n) is 18.8. The second kappa shape index (κ2) is 10.9. The average molecular weight is 662 g/mol. The number of nitrogens with zero attached hydrogens (tertiary/aromatic N) is 3. The second-order valence-corrected chi connectivity index (χ2v) is 16.0. The van der Waals surface area contributed by atoms with E-state index >= 15 is 0 Å². The summed E-state index contributed by atoms with van der Waals surface area (Å²) in [5, 5.41) is 0. The summed E-state index contributed by atoms with van der Waals surface area (Å²) in [6, 6.07) is 48.3. The van der Waals surface area contributed by atoms with Crippen LogP contribution in [0, 0.1) is 20.8 Å². The van der Waals surface area contributed by atoms with Crippen molar-refractivity contribution in [2.45, 2.75) is 71.3 Å². The van der Waals surface area contributed by atoms with E-state index < -0.39 is 0 Å². The number of rotatable bonds is 4. The van der Waals surface area contributed by atoms with Gasteiger partial charge < -0.3 is 14.7 Å². The van der Waals surface area contributed by atoms with E-state index in [1.54, 1.807) is 5.56 Å². The van der Waals surface area contributed by atoms with Crippen LogP contribution in [-0.4, -0.2) is 12.3 Å². The maximum Gasteiger partial charge on any atom is 0.252 e. The summed E-state index contributed by atoms with van der Waals surface area (Å²) in [6.07, 6.45) is 4.94. The van der Waals surface area contributed by atoms with Crippen LogP contribution in [0.1, 0.15) is 61.8 Å². The van der Waals surface area contributed by atoms with Crippen molar-refractivity contribution in [1.82, 2.24) is 0 Å². The van der Waals surface area contributed by atoms with Gasteiger partial charge in [0.05, 0.1) is 11.2 Å². The zero-order valence-electron chi connectivity index (χ0n) is 30.4. The second-order valence-electron chi connectivity index (χ2n) is 16.0. The lowest BCUT2D eigenvalue weighted by Gasteiger charge is -2.53. The molecule has 1 saturated carbocycles. The molecule has 10 rings (SSSR count). The third-order valence-electron chi connectivity index (χ3n) is 12.9. The van der Waals surface area contributed by atoms with Gasteiger partial charge >= 0.3 is 0 Å². The molecule has 250 valence electrons. The molecule has 0 aromatic heterocycles. The van der Waals surface area contributed by atoms with E-state index in [0.29, 0.717) is 0 Å². The maximum absolute atomic E-state index is 2.84. The quantitative estimate of drug-likeness (QED) is 0.174. The summed E-state index contributed by atoms with van der Waals surface area (Å²) in [4.78, 5) is 7.85. The highest BCUT2D eigenvalue weighted by atomic mass is 15.3. The standard InChI is InChI=1S/C47H44BN3/c1-31-17-21-35(22-18-31)49(36-23-19-32(2)20-24-36)37-29-42-44-43(30-37)51-45-38(46(4)25-11-12-26-47(46,51)5)27-33(3)28-40(45)48(44)39-15-9-10-16-41(39)50(42)34-13-7-6-8-14-34/h6-10,13-24,27-30H,11-12,25-26H2,1-5H3. The molecule has 6 aromatic rings. The molecular formula is C47H44BN3. The largest absolute Gasteiger partial charge is 0.335 e. The summed E-state index contributed by atoms with van der Waals surface area (Å²) in [5.41, 5.74) is 19.8. The van der Waals surface area contributed by atoms with Crippen molar-refractivity contribution in [2.24, 2.45) is 0 Å². The third kappa shape index (κ3) is 4.20. The first-order chi connectivity index (χ1) is 24.8. The van der Waals surface area contributed by atoms with Crippen LogP contribution in [0.3, 0.4) is 0 Å². The Balaban J connectivity index is 1.34. The number of hydrogen-bond donors (Lipinski definition) is 0. The predicted octanol–water partition coefficient (Wildman–Crippen LogP) is 10.4. The van der Waals surface area contributed by atoms with Crippen LogP contribution in [0.5, 0.6) is 0 Å². The lowest BCUT2D eigenvalue weighted by molar-refractivity contribution is 0.195. The number of hydrogen-bond acceptors (Lipinski definition) is 3. The van der Waals surface area contributed by atoms with Crippen molar-refractivity contribution >= 4 is 68.6 Å². The lowest BCUT2D eigenvalue weighted by atomic mass is 9.33. The van der Waals surface area contributed by atoms with E-state index in [2.05, 4.69) is 177 Å². The molecule has 0 radical (unpaired) electrons. The number of para-hydroxylation sites is 2. The van der Waals surface area contributed by atoms with Crippen molar-refractivity contribution in [2.75, 3.05) is 14.7 Å². The number of fused-ring (bicyclic) bond motifs is 7. The first-order valence-corrected chi connectivity index (χ1v) is 18.8. The molecule has 0 amide bonds. The fourth-order valence-corrected chi connectivity index (χ4v) is 10.2. The van der Waals surface area contributed by atoms with Gasteiger partial charge in [0.15, 0.2) is 0 Å². The minimum absolute atomic E-state index is 0.0411. The van der Waals surface area contributed by atoms with Crippen LogP contribution in [-0.2, 0) is 5.41 Å². The van der Waals surface area contributed by atoms with E-state index in [9.17, 15) is 0 Å². The van der Waals surface area contributed by atoms with Gasteiger partial charge in [-0.2, -0.15) is 0 Å². The van der Waals surface area contributed by atoms with Gasteiger partial charge in [-0.25, -0.2) is 0 Å². The molecule has 0 spiro atoms. The highest BCUT2D eigenvalue weighted by Gasteiger charge is 2.61. The van der Waals surface area contributed by atoms with Crippen molar-refractivity contribution in [1.29, 1.82) is 0 Å². The normalized spacial score (nSPS) is 20.8. The van der Waals surface area contributed by atoms with Gasteiger partial charge in [-0.3, -0.25) is 0 Å². The van der Waals surface area contributed by atoms with Gasteiger partial charge in [-0.1, -0.05) is 109 Å². The topological polar surface area (TPSA) is 9.72 Å². The lowest BCUT2D eigenvalue weighted by Crippen LogP contribution is -2.64. The Bertz CT molecular complexity index is 2300. The Hall–Kier alpha value is -5.22. The average Bonchev–Trinajstić information content (AvgIpc) is 3.35. The summed E-state index contributed by atoms with van der Waals surface area (Å²) in [7, 11) is 0. The summed E-state index contributed by atoms with van der Waals surface area (Å²) < 4.78 is 0. The van der Waals surface area contributed by atoms with Crippen molar-refractivity contribution in [3.8, 4) is 0 Å². The minimum Gasteiger partial charge on any atom is -0.335 e. The van der Waals surface area contributed by atoms with E-state index in [1.165, 1.54) is 104 Å². The van der Waals surface area contributed by atoms with Gasteiger partial charge in [0.2, 0.25) is 0 Å². The first kappa shape index (κ1) is 30.6. The van der Waals surface area contributed by atoms with Crippen LogP contribution in [0.25, 0.3) is 0 Å². The van der Waals surface area contributed by atoms with Crippen molar-refractivity contribution < 1.29 is 0 Å². The molecule has 2 unspecified atom stereocenters. The predicted molar refractivity (Wildman–Crippen MR) is 217 cm³/mol. The van der Waals surface area contributed by atoms with Crippen LogP contribution >= 0.6 is 0 Å². The SMILES string of the molecule is Cc1ccc(N(c2ccc(C)cc2)c2cc3c4c(c2)N2c5c(cc(C)cc5C5(C)CCCCC25C)B4c2ccccc2N3c2ccccc2)cc1. The van der Waals surface area contributed by atoms with E-state index in [-0.39, 0.29) is 17.7 Å². The molecule has 4 aliphatic rings. The van der Waals surface area contributed by atoms with Crippen molar-refractivity contribution in [3.05, 3.63) is 150 Å². The van der Waals surface area contributed by atoms with Crippen molar-refractivity contribution in [3.63, 3.8) is 0 Å². The summed E-state index contributed by atoms with van der Waals surface area (Å²) >= 11 is 0. The molecule has 0 bridgehead atoms. The van der Waals surface area contributed by atoms with Gasteiger partial charge in [-0.05, 0) is 117 Å². The maximum atomic E-state index is 2.84. The minimum atomic E-state index is -0.0411. The smallest absolute Gasteiger partial charge is 0.252 e. The Labute approximate surface area is 303 Å². The molecule has 3 heterocycles. The molecule has 1 aliphatic carbocycles. The Morgan fingerprint density at radius 3 is 1.90 bits per heavy atom. The Morgan fingerprint density at radius 1 is 0.569 bits per heavy atom. The summed E-state index contributed by atoms with van der Waals surface area (Å²) in [5.74, 6) is 0. The van der Waals surface area contributed by atoms with E-state index in [1.807, 2.05) is 0 Å². The molecule has 3 aliphatic heterocycles. The zero-order chi connectivity index (χ0) is 34.6. The van der Waals surface area contributed by atoms with E-state index in [0.717, 1.165) is 0 Å². The number of benzene rings is 6. The third-order valence-corrected chi connectivity index (χ3v) is 12.9. The van der Waals surface area contributed by atoms with Crippen LogP contribution in [0.15, 0.2) is 127 Å². The van der Waals surface area contributed by atoms with Crippen LogP contribution < -0.4 is 31.1 Å². The van der Waals surface area contributed by atoms with Gasteiger partial charge in [0, 0.05) is 45.2 Å². The van der Waals surface area contributed by atoms with Crippen LogP contribution in [0.4, 0.5) is 45.5 Å².